The molecule has 1 fully saturated rings. The minimum Gasteiger partial charge on any atom is -0.255 e. The molecule has 1 saturated carbocycles. The Hall–Kier alpha value is -1.13. The van der Waals surface area contributed by atoms with Gasteiger partial charge < -0.3 is 0 Å². The van der Waals surface area contributed by atoms with Gasteiger partial charge in [-0.25, -0.2) is 0 Å². The van der Waals surface area contributed by atoms with Gasteiger partial charge in [0.05, 0.1) is 4.90 Å². The Bertz CT molecular complexity index is 578. The second kappa shape index (κ2) is 5.10. The third-order valence-electron chi connectivity index (χ3n) is 3.51. The Kier molecular flexibility index (Phi) is 3.83. The Morgan fingerprint density at radius 2 is 1.89 bits per heavy atom. The van der Waals surface area contributed by atoms with Gasteiger partial charge in [-0.1, -0.05) is 30.7 Å². The van der Waals surface area contributed by atoms with E-state index in [0.717, 1.165) is 30.4 Å². The molecule has 1 aromatic carbocycles. The van der Waals surface area contributed by atoms with E-state index < -0.39 is 15.7 Å². The summed E-state index contributed by atoms with van der Waals surface area (Å²) in [6, 6.07) is 6.76. The van der Waals surface area contributed by atoms with Crippen LogP contribution in [0.3, 0.4) is 0 Å². The summed E-state index contributed by atoms with van der Waals surface area (Å²) in [4.78, 5) is 0.230. The molecule has 4 heteroatoms. The van der Waals surface area contributed by atoms with Crippen LogP contribution in [0.1, 0.15) is 38.7 Å². The summed E-state index contributed by atoms with van der Waals surface area (Å²) in [5, 5.41) is 0. The van der Waals surface area contributed by atoms with Gasteiger partial charge in [0, 0.05) is 0 Å². The number of aryl methyl sites for hydroxylation is 1. The molecule has 0 unspecified atom stereocenters. The largest absolute Gasteiger partial charge is 0.297 e. The van der Waals surface area contributed by atoms with Crippen LogP contribution in [0.5, 0.6) is 0 Å². The second-order valence-corrected chi connectivity index (χ2v) is 6.69. The van der Waals surface area contributed by atoms with Gasteiger partial charge in [0.2, 0.25) is 0 Å². The first-order chi connectivity index (χ1) is 8.89. The molecule has 1 aliphatic rings. The maximum Gasteiger partial charge on any atom is 0.297 e. The molecule has 104 valence electrons. The summed E-state index contributed by atoms with van der Waals surface area (Å²) in [7, 11) is -3.68. The molecule has 0 atom stereocenters. The number of allylic oxidation sites excluding steroid dienone is 1. The van der Waals surface area contributed by atoms with Crippen molar-refractivity contribution in [3.8, 4) is 0 Å². The van der Waals surface area contributed by atoms with E-state index in [0.29, 0.717) is 0 Å². The average molecular weight is 280 g/mol. The van der Waals surface area contributed by atoms with Gasteiger partial charge in [-0.05, 0) is 50.8 Å². The molecule has 0 radical (unpaired) electrons. The van der Waals surface area contributed by atoms with Crippen LogP contribution in [0.25, 0.3) is 0 Å². The first-order valence-corrected chi connectivity index (χ1v) is 8.00. The van der Waals surface area contributed by atoms with Crippen LogP contribution in [0.4, 0.5) is 0 Å². The molecular formula is C15H20O3S. The normalized spacial score (nSPS) is 18.4. The summed E-state index contributed by atoms with van der Waals surface area (Å²) in [6.07, 6.45) is 4.49. The summed E-state index contributed by atoms with van der Waals surface area (Å²) < 4.78 is 30.0. The molecule has 0 N–H and O–H groups in total. The molecule has 0 spiro atoms. The van der Waals surface area contributed by atoms with E-state index >= 15 is 0 Å². The fraction of sp³-hybridized carbons (Fsp3) is 0.467. The zero-order chi connectivity index (χ0) is 14.1. The van der Waals surface area contributed by atoms with Gasteiger partial charge in [-0.3, -0.25) is 4.18 Å². The molecule has 0 saturated heterocycles. The van der Waals surface area contributed by atoms with Crippen molar-refractivity contribution >= 4 is 10.1 Å². The van der Waals surface area contributed by atoms with Crippen molar-refractivity contribution in [1.82, 2.24) is 0 Å². The smallest absolute Gasteiger partial charge is 0.255 e. The van der Waals surface area contributed by atoms with Crippen molar-refractivity contribution in [3.63, 3.8) is 0 Å². The maximum atomic E-state index is 12.3. The minimum absolute atomic E-state index is 0.230. The highest BCUT2D eigenvalue weighted by Crippen LogP contribution is 2.47. The molecule has 19 heavy (non-hydrogen) atoms. The topological polar surface area (TPSA) is 43.4 Å². The Morgan fingerprint density at radius 3 is 2.37 bits per heavy atom. The van der Waals surface area contributed by atoms with E-state index in [1.807, 2.05) is 26.8 Å². The highest BCUT2D eigenvalue weighted by Gasteiger charge is 2.49. The fourth-order valence-corrected chi connectivity index (χ4v) is 3.40. The summed E-state index contributed by atoms with van der Waals surface area (Å²) >= 11 is 0. The maximum absolute atomic E-state index is 12.3. The van der Waals surface area contributed by atoms with Crippen LogP contribution in [-0.4, -0.2) is 14.0 Å². The molecular weight excluding hydrogens is 260 g/mol. The van der Waals surface area contributed by atoms with Gasteiger partial charge in [-0.2, -0.15) is 8.42 Å². The zero-order valence-electron chi connectivity index (χ0n) is 11.6. The van der Waals surface area contributed by atoms with E-state index in [1.165, 1.54) is 0 Å². The van der Waals surface area contributed by atoms with Crippen LogP contribution in [-0.2, 0) is 14.3 Å². The highest BCUT2D eigenvalue weighted by molar-refractivity contribution is 7.86. The summed E-state index contributed by atoms with van der Waals surface area (Å²) in [5.41, 5.74) is 1.47. The lowest BCUT2D eigenvalue weighted by Crippen LogP contribution is -2.21. The molecule has 0 aliphatic heterocycles. The Morgan fingerprint density at radius 1 is 1.32 bits per heavy atom. The number of hydrogen-bond acceptors (Lipinski definition) is 3. The standard InChI is InChI=1S/C15H20O3S/c1-4-5-13(3)15(10-11-15)18-19(16,17)14-8-6-12(2)7-9-14/h5-9H,4,10-11H2,1-3H3/b13-5+. The molecule has 1 aromatic rings. The molecule has 0 heterocycles. The van der Waals surface area contributed by atoms with Crippen molar-refractivity contribution in [2.24, 2.45) is 0 Å². The van der Waals surface area contributed by atoms with Crippen LogP contribution in [0.2, 0.25) is 0 Å². The van der Waals surface area contributed by atoms with Gasteiger partial charge in [0.1, 0.15) is 5.60 Å². The summed E-state index contributed by atoms with van der Waals surface area (Å²) in [6.45, 7) is 5.91. The molecule has 0 bridgehead atoms. The molecule has 0 aromatic heterocycles. The van der Waals surface area contributed by atoms with E-state index in [1.54, 1.807) is 24.3 Å². The number of hydrogen-bond donors (Lipinski definition) is 0. The predicted octanol–water partition coefficient (Wildman–Crippen LogP) is 3.59. The van der Waals surface area contributed by atoms with Gasteiger partial charge in [0.25, 0.3) is 10.1 Å². The van der Waals surface area contributed by atoms with E-state index in [-0.39, 0.29) is 4.90 Å². The van der Waals surface area contributed by atoms with Crippen molar-refractivity contribution in [3.05, 3.63) is 41.5 Å². The Labute approximate surface area is 115 Å². The van der Waals surface area contributed by atoms with Crippen molar-refractivity contribution < 1.29 is 12.6 Å². The first-order valence-electron chi connectivity index (χ1n) is 6.59. The van der Waals surface area contributed by atoms with Crippen LogP contribution >= 0.6 is 0 Å². The average Bonchev–Trinajstić information content (AvgIpc) is 3.10. The van der Waals surface area contributed by atoms with E-state index in [9.17, 15) is 8.42 Å². The van der Waals surface area contributed by atoms with Gasteiger partial charge in [-0.15, -0.1) is 0 Å². The number of rotatable bonds is 5. The molecule has 1 aliphatic carbocycles. The van der Waals surface area contributed by atoms with Gasteiger partial charge in [0.15, 0.2) is 0 Å². The van der Waals surface area contributed by atoms with E-state index in [4.69, 9.17) is 4.18 Å². The fourth-order valence-electron chi connectivity index (χ4n) is 2.11. The monoisotopic (exact) mass is 280 g/mol. The zero-order valence-corrected chi connectivity index (χ0v) is 12.5. The molecule has 3 nitrogen and oxygen atoms in total. The Balaban J connectivity index is 2.23. The SMILES string of the molecule is CC/C=C(\C)C1(OS(=O)(=O)c2ccc(C)cc2)CC1. The van der Waals surface area contributed by atoms with Crippen LogP contribution in [0.15, 0.2) is 40.8 Å². The minimum atomic E-state index is -3.68. The quantitative estimate of drug-likeness (QED) is 0.611. The first kappa shape index (κ1) is 14.3. The lowest BCUT2D eigenvalue weighted by atomic mass is 10.1. The third kappa shape index (κ3) is 3.07. The molecule has 0 amide bonds. The lowest BCUT2D eigenvalue weighted by molar-refractivity contribution is 0.224. The number of benzene rings is 1. The van der Waals surface area contributed by atoms with E-state index in [2.05, 4.69) is 0 Å². The van der Waals surface area contributed by atoms with Gasteiger partial charge >= 0.3 is 0 Å². The summed E-state index contributed by atoms with van der Waals surface area (Å²) in [5.74, 6) is 0. The predicted molar refractivity (Wildman–Crippen MR) is 75.5 cm³/mol. The second-order valence-electron chi connectivity index (χ2n) is 5.14. The lowest BCUT2D eigenvalue weighted by Gasteiger charge is -2.17. The van der Waals surface area contributed by atoms with Crippen LogP contribution < -0.4 is 0 Å². The van der Waals surface area contributed by atoms with Crippen molar-refractivity contribution in [2.75, 3.05) is 0 Å². The third-order valence-corrected chi connectivity index (χ3v) is 4.90. The highest BCUT2D eigenvalue weighted by atomic mass is 32.2. The van der Waals surface area contributed by atoms with Crippen LogP contribution in [0, 0.1) is 6.92 Å². The van der Waals surface area contributed by atoms with Crippen molar-refractivity contribution in [1.29, 1.82) is 0 Å². The van der Waals surface area contributed by atoms with Crippen molar-refractivity contribution in [2.45, 2.75) is 50.5 Å². The molecule has 2 rings (SSSR count).